The van der Waals surface area contributed by atoms with E-state index in [1.54, 1.807) is 13.3 Å². The zero-order chi connectivity index (χ0) is 20.5. The predicted octanol–water partition coefficient (Wildman–Crippen LogP) is 2.50. The lowest BCUT2D eigenvalue weighted by molar-refractivity contribution is 0.0505. The van der Waals surface area contributed by atoms with Crippen LogP contribution in [0.2, 0.25) is 0 Å². The molecule has 0 spiro atoms. The summed E-state index contributed by atoms with van der Waals surface area (Å²) in [5.41, 5.74) is 2.46. The Balaban J connectivity index is 1.63. The maximum atomic E-state index is 5.70. The van der Waals surface area contributed by atoms with Crippen molar-refractivity contribution in [2.45, 2.75) is 38.1 Å². The number of benzene rings is 1. The molecular weight excluding hydrogens is 366 g/mol. The molecular formula is C22H33N5O2. The van der Waals surface area contributed by atoms with Crippen molar-refractivity contribution in [3.8, 4) is 5.75 Å². The smallest absolute Gasteiger partial charge is 0.191 e. The van der Waals surface area contributed by atoms with Crippen LogP contribution in [0.3, 0.4) is 0 Å². The number of nitrogens with one attached hydrogen (secondary N) is 2. The van der Waals surface area contributed by atoms with Crippen molar-refractivity contribution >= 4 is 5.96 Å². The van der Waals surface area contributed by atoms with Gasteiger partial charge in [-0.2, -0.15) is 5.10 Å². The van der Waals surface area contributed by atoms with Crippen molar-refractivity contribution in [1.82, 2.24) is 20.4 Å². The minimum Gasteiger partial charge on any atom is -0.496 e. The van der Waals surface area contributed by atoms with Crippen LogP contribution in [0.4, 0.5) is 0 Å². The molecule has 1 saturated heterocycles. The first-order chi connectivity index (χ1) is 14.2. The number of rotatable bonds is 8. The van der Waals surface area contributed by atoms with Gasteiger partial charge in [-0.1, -0.05) is 17.7 Å². The summed E-state index contributed by atoms with van der Waals surface area (Å²) in [6.07, 6.45) is 6.68. The largest absolute Gasteiger partial charge is 0.496 e. The van der Waals surface area contributed by atoms with E-state index in [9.17, 15) is 0 Å². The minimum absolute atomic E-state index is 0.0394. The van der Waals surface area contributed by atoms with E-state index in [1.807, 2.05) is 24.0 Å². The van der Waals surface area contributed by atoms with Crippen LogP contribution >= 0.6 is 0 Å². The Kier molecular flexibility index (Phi) is 7.52. The molecule has 2 N–H and O–H groups in total. The third-order valence-corrected chi connectivity index (χ3v) is 5.61. The molecule has 7 heteroatoms. The molecule has 0 saturated carbocycles. The van der Waals surface area contributed by atoms with Crippen LogP contribution in [0, 0.1) is 6.92 Å². The van der Waals surface area contributed by atoms with Crippen molar-refractivity contribution in [3.63, 3.8) is 0 Å². The summed E-state index contributed by atoms with van der Waals surface area (Å²) >= 11 is 0. The maximum absolute atomic E-state index is 5.70. The van der Waals surface area contributed by atoms with Crippen LogP contribution in [0.15, 0.2) is 41.7 Å². The summed E-state index contributed by atoms with van der Waals surface area (Å²) < 4.78 is 13.3. The highest BCUT2D eigenvalue weighted by Gasteiger charge is 2.37. The SMILES string of the molecule is CN=C(NCCCn1cccn1)NCC1(c2cc(C)ccc2OC)CCOCC1. The van der Waals surface area contributed by atoms with Gasteiger partial charge in [0.1, 0.15) is 5.75 Å². The van der Waals surface area contributed by atoms with Gasteiger partial charge in [-0.15, -0.1) is 0 Å². The van der Waals surface area contributed by atoms with Crippen LogP contribution in [0.1, 0.15) is 30.4 Å². The molecule has 1 aliphatic heterocycles. The van der Waals surface area contributed by atoms with Gasteiger partial charge in [0.05, 0.1) is 7.11 Å². The number of hydrogen-bond acceptors (Lipinski definition) is 4. The molecule has 3 rings (SSSR count). The van der Waals surface area contributed by atoms with E-state index < -0.39 is 0 Å². The molecule has 158 valence electrons. The van der Waals surface area contributed by atoms with E-state index in [4.69, 9.17) is 9.47 Å². The van der Waals surface area contributed by atoms with Gasteiger partial charge >= 0.3 is 0 Å². The quantitative estimate of drug-likeness (QED) is 0.405. The van der Waals surface area contributed by atoms with E-state index in [0.29, 0.717) is 0 Å². The standard InChI is InChI=1S/C22H33N5O2/c1-18-6-7-20(28-3)19(16-18)22(8-14-29-15-9-22)17-25-21(23-2)24-10-4-12-27-13-5-11-26-27/h5-7,11,13,16H,4,8-10,12,14-15,17H2,1-3H3,(H2,23,24,25). The number of ether oxygens (including phenoxy) is 2. The second kappa shape index (κ2) is 10.3. The fourth-order valence-corrected chi connectivity index (χ4v) is 3.89. The summed E-state index contributed by atoms with van der Waals surface area (Å²) in [5, 5.41) is 11.2. The van der Waals surface area contributed by atoms with Gasteiger partial charge in [0.15, 0.2) is 5.96 Å². The first-order valence-electron chi connectivity index (χ1n) is 10.3. The Labute approximate surface area is 173 Å². The highest BCUT2D eigenvalue weighted by molar-refractivity contribution is 5.79. The number of hydrogen-bond donors (Lipinski definition) is 2. The van der Waals surface area contributed by atoms with Gasteiger partial charge in [0, 0.05) is 63.3 Å². The van der Waals surface area contributed by atoms with E-state index in [2.05, 4.69) is 45.8 Å². The summed E-state index contributed by atoms with van der Waals surface area (Å²) in [7, 11) is 3.56. The highest BCUT2D eigenvalue weighted by Crippen LogP contribution is 2.40. The average molecular weight is 400 g/mol. The third-order valence-electron chi connectivity index (χ3n) is 5.61. The number of nitrogens with zero attached hydrogens (tertiary/aromatic N) is 3. The monoisotopic (exact) mass is 399 g/mol. The van der Waals surface area contributed by atoms with Crippen LogP contribution in [-0.2, 0) is 16.7 Å². The van der Waals surface area contributed by atoms with Gasteiger partial charge in [0.25, 0.3) is 0 Å². The van der Waals surface area contributed by atoms with Gasteiger partial charge in [-0.25, -0.2) is 0 Å². The molecule has 1 fully saturated rings. The van der Waals surface area contributed by atoms with Crippen molar-refractivity contribution in [2.75, 3.05) is 40.5 Å². The molecule has 0 aliphatic carbocycles. The summed E-state index contributed by atoms with van der Waals surface area (Å²) in [6.45, 7) is 6.16. The first-order valence-corrected chi connectivity index (χ1v) is 10.3. The summed E-state index contributed by atoms with van der Waals surface area (Å²) in [5.74, 6) is 1.77. The van der Waals surface area contributed by atoms with Crippen LogP contribution in [-0.4, -0.2) is 56.2 Å². The lowest BCUT2D eigenvalue weighted by Crippen LogP contribution is -2.48. The summed E-state index contributed by atoms with van der Waals surface area (Å²) in [6, 6.07) is 8.38. The maximum Gasteiger partial charge on any atom is 0.191 e. The fraction of sp³-hybridized carbons (Fsp3) is 0.545. The normalized spacial score (nSPS) is 16.4. The molecule has 1 aromatic carbocycles. The molecule has 2 heterocycles. The second-order valence-corrected chi connectivity index (χ2v) is 7.57. The minimum atomic E-state index is -0.0394. The lowest BCUT2D eigenvalue weighted by Gasteiger charge is -2.39. The molecule has 0 radical (unpaired) electrons. The molecule has 1 aromatic heterocycles. The Hall–Kier alpha value is -2.54. The topological polar surface area (TPSA) is 72.7 Å². The highest BCUT2D eigenvalue weighted by atomic mass is 16.5. The van der Waals surface area contributed by atoms with Gasteiger partial charge < -0.3 is 20.1 Å². The molecule has 1 aliphatic rings. The van der Waals surface area contributed by atoms with Crippen molar-refractivity contribution in [3.05, 3.63) is 47.8 Å². The molecule has 0 atom stereocenters. The third kappa shape index (κ3) is 5.50. The zero-order valence-electron chi connectivity index (χ0n) is 17.8. The van der Waals surface area contributed by atoms with Crippen LogP contribution < -0.4 is 15.4 Å². The van der Waals surface area contributed by atoms with Gasteiger partial charge in [0.2, 0.25) is 0 Å². The van der Waals surface area contributed by atoms with Gasteiger partial charge in [-0.05, 0) is 38.3 Å². The van der Waals surface area contributed by atoms with Crippen molar-refractivity contribution in [1.29, 1.82) is 0 Å². The number of guanidine groups is 1. The van der Waals surface area contributed by atoms with E-state index >= 15 is 0 Å². The molecule has 0 amide bonds. The van der Waals surface area contributed by atoms with Crippen molar-refractivity contribution < 1.29 is 9.47 Å². The molecule has 0 unspecified atom stereocenters. The predicted molar refractivity (Wildman–Crippen MR) is 116 cm³/mol. The molecule has 7 nitrogen and oxygen atoms in total. The Morgan fingerprint density at radius 3 is 2.83 bits per heavy atom. The first kappa shape index (κ1) is 21.2. The van der Waals surface area contributed by atoms with E-state index in [1.165, 1.54) is 11.1 Å². The van der Waals surface area contributed by atoms with Gasteiger partial charge in [-0.3, -0.25) is 9.67 Å². The zero-order valence-corrected chi connectivity index (χ0v) is 17.8. The number of aliphatic imine (C=N–C) groups is 1. The number of aromatic nitrogens is 2. The Morgan fingerprint density at radius 1 is 1.31 bits per heavy atom. The number of aryl methyl sites for hydroxylation is 2. The van der Waals surface area contributed by atoms with Crippen LogP contribution in [0.5, 0.6) is 5.75 Å². The molecule has 2 aromatic rings. The summed E-state index contributed by atoms with van der Waals surface area (Å²) in [4.78, 5) is 4.40. The molecule has 0 bridgehead atoms. The van der Waals surface area contributed by atoms with Crippen molar-refractivity contribution in [2.24, 2.45) is 4.99 Å². The second-order valence-electron chi connectivity index (χ2n) is 7.57. The van der Waals surface area contributed by atoms with Crippen LogP contribution in [0.25, 0.3) is 0 Å². The van der Waals surface area contributed by atoms with E-state index in [0.717, 1.165) is 63.8 Å². The average Bonchev–Trinajstić information content (AvgIpc) is 3.27. The van der Waals surface area contributed by atoms with E-state index in [-0.39, 0.29) is 5.41 Å². The Morgan fingerprint density at radius 2 is 2.14 bits per heavy atom. The fourth-order valence-electron chi connectivity index (χ4n) is 3.89. The number of methoxy groups -OCH3 is 1. The Bertz CT molecular complexity index is 783. The lowest BCUT2D eigenvalue weighted by atomic mass is 9.73. The molecule has 29 heavy (non-hydrogen) atoms.